The maximum absolute atomic E-state index is 14.6. The minimum atomic E-state index is -0.429. The predicted molar refractivity (Wildman–Crippen MR) is 269 cm³/mol. The Morgan fingerprint density at radius 1 is 0.559 bits per heavy atom. The highest BCUT2D eigenvalue weighted by Gasteiger charge is 2.27. The Morgan fingerprint density at radius 3 is 1.74 bits per heavy atom. The number of ketones is 1. The SMILES string of the molecule is COC(=O)c1c(C(C)c2c[nH]c3ccccc23)[nH]c2ccc(-c3ccc4[nH]cc(C(=O)c5[nH]c6ccc(-c7ccc8[nH]cc(C(C)c9[nH]c%10ccccc%10c9CO)c8c7)cc6c5C=O)c4c3)cc12. The second-order valence-electron chi connectivity index (χ2n) is 17.7. The zero-order valence-electron chi connectivity index (χ0n) is 37.3. The van der Waals surface area contributed by atoms with Gasteiger partial charge in [0.15, 0.2) is 6.29 Å². The lowest BCUT2D eigenvalue weighted by molar-refractivity contribution is 0.0601. The van der Waals surface area contributed by atoms with Gasteiger partial charge in [-0.3, -0.25) is 9.59 Å². The average molecular weight is 893 g/mol. The van der Waals surface area contributed by atoms with Gasteiger partial charge in [-0.05, 0) is 94.0 Å². The fourth-order valence-corrected chi connectivity index (χ4v) is 10.6. The molecule has 0 radical (unpaired) electrons. The van der Waals surface area contributed by atoms with Gasteiger partial charge < -0.3 is 39.7 Å². The molecule has 7 N–H and O–H groups in total. The Morgan fingerprint density at radius 2 is 1.06 bits per heavy atom. The summed E-state index contributed by atoms with van der Waals surface area (Å²) in [6.45, 7) is 4.15. The fraction of sp³-hybridized carbons (Fsp3) is 0.105. The molecule has 6 aromatic heterocycles. The third-order valence-electron chi connectivity index (χ3n) is 14.1. The molecule has 6 heterocycles. The quantitative estimate of drug-likeness (QED) is 0.0388. The van der Waals surface area contributed by atoms with E-state index in [0.29, 0.717) is 27.4 Å². The number of aromatic amines is 6. The molecule has 0 spiro atoms. The molecule has 0 saturated carbocycles. The first-order chi connectivity index (χ1) is 33.2. The van der Waals surface area contributed by atoms with E-state index < -0.39 is 5.97 Å². The van der Waals surface area contributed by atoms with Crippen LogP contribution >= 0.6 is 0 Å². The van der Waals surface area contributed by atoms with Gasteiger partial charge in [0.1, 0.15) is 0 Å². The Bertz CT molecular complexity index is 4020. The number of carbonyl (C=O) groups is 3. The molecule has 0 aliphatic carbocycles. The van der Waals surface area contributed by atoms with Gasteiger partial charge in [-0.2, -0.15) is 0 Å². The smallest absolute Gasteiger partial charge is 0.340 e. The second kappa shape index (κ2) is 15.7. The van der Waals surface area contributed by atoms with Crippen LogP contribution in [0.5, 0.6) is 0 Å². The minimum Gasteiger partial charge on any atom is -0.465 e. The number of H-pyrrole nitrogens is 6. The third-order valence-corrected chi connectivity index (χ3v) is 14.1. The van der Waals surface area contributed by atoms with E-state index >= 15 is 0 Å². The van der Waals surface area contributed by atoms with Crippen molar-refractivity contribution in [1.29, 1.82) is 0 Å². The molecule has 11 nitrogen and oxygen atoms in total. The number of methoxy groups -OCH3 is 1. The summed E-state index contributed by atoms with van der Waals surface area (Å²) in [5.41, 5.74) is 15.0. The van der Waals surface area contributed by atoms with Crippen molar-refractivity contribution in [3.8, 4) is 22.3 Å². The van der Waals surface area contributed by atoms with Crippen molar-refractivity contribution in [1.82, 2.24) is 29.9 Å². The van der Waals surface area contributed by atoms with Gasteiger partial charge in [0.2, 0.25) is 5.78 Å². The van der Waals surface area contributed by atoms with Crippen LogP contribution in [0.2, 0.25) is 0 Å². The lowest BCUT2D eigenvalue weighted by Crippen LogP contribution is -2.07. The number of aldehydes is 1. The standard InChI is InChI=1S/C57H44N6O5/c1-29(53-44(27-64)36-9-5-7-11-49(36)61-53)42-25-59-47-16-12-31(20-37(42)47)33-14-18-50-39(22-33)45(28-65)55(63-50)56(66)43-26-60-48-17-13-32(21-38(43)48)34-15-19-51-40(23-34)52(57(67)68-3)54(62-51)30(2)41-24-58-46-10-6-4-8-35(41)46/h4-26,28-30,58-64H,27H2,1-3H3. The van der Waals surface area contributed by atoms with E-state index in [1.54, 1.807) is 6.20 Å². The third kappa shape index (κ3) is 6.27. The van der Waals surface area contributed by atoms with Crippen molar-refractivity contribution in [3.63, 3.8) is 0 Å². The van der Waals surface area contributed by atoms with Crippen LogP contribution in [0.25, 0.3) is 87.7 Å². The van der Waals surface area contributed by atoms with E-state index in [0.717, 1.165) is 106 Å². The Kier molecular flexibility index (Phi) is 9.45. The number of fused-ring (bicyclic) bond motifs is 6. The van der Waals surface area contributed by atoms with Gasteiger partial charge in [-0.15, -0.1) is 0 Å². The summed E-state index contributed by atoms with van der Waals surface area (Å²) in [5.74, 6) is -0.937. The van der Waals surface area contributed by atoms with Crippen LogP contribution in [0.1, 0.15) is 90.5 Å². The van der Waals surface area contributed by atoms with Crippen LogP contribution in [0, 0.1) is 0 Å². The maximum Gasteiger partial charge on any atom is 0.340 e. The summed E-state index contributed by atoms with van der Waals surface area (Å²) in [6, 6.07) is 40.1. The summed E-state index contributed by atoms with van der Waals surface area (Å²) in [5, 5.41) is 15.6. The van der Waals surface area contributed by atoms with Crippen LogP contribution in [0.15, 0.2) is 140 Å². The predicted octanol–water partition coefficient (Wildman–Crippen LogP) is 12.5. The number of ether oxygens (including phenoxy) is 1. The normalized spacial score (nSPS) is 12.8. The van der Waals surface area contributed by atoms with E-state index in [4.69, 9.17) is 4.74 Å². The van der Waals surface area contributed by atoms with Gasteiger partial charge in [0, 0.05) is 118 Å². The van der Waals surface area contributed by atoms with Gasteiger partial charge in [-0.1, -0.05) is 74.5 Å². The summed E-state index contributed by atoms with van der Waals surface area (Å²) in [4.78, 5) is 61.5. The number of aromatic nitrogens is 6. The van der Waals surface area contributed by atoms with Crippen LogP contribution in [0.4, 0.5) is 0 Å². The molecule has 332 valence electrons. The number of esters is 1. The number of aliphatic hydroxyl groups excluding tert-OH is 1. The molecule has 6 aromatic carbocycles. The van der Waals surface area contributed by atoms with Crippen molar-refractivity contribution in [2.45, 2.75) is 32.3 Å². The highest BCUT2D eigenvalue weighted by Crippen LogP contribution is 2.40. The molecule has 68 heavy (non-hydrogen) atoms. The summed E-state index contributed by atoms with van der Waals surface area (Å²) in [6.07, 6.45) is 6.47. The summed E-state index contributed by atoms with van der Waals surface area (Å²) < 4.78 is 5.35. The Labute approximate surface area is 388 Å². The first-order valence-corrected chi connectivity index (χ1v) is 22.6. The highest BCUT2D eigenvalue weighted by molar-refractivity contribution is 6.21. The molecule has 2 unspecified atom stereocenters. The molecule has 0 aliphatic rings. The maximum atomic E-state index is 14.6. The molecule has 12 rings (SSSR count). The van der Waals surface area contributed by atoms with Crippen molar-refractivity contribution >= 4 is 83.5 Å². The first-order valence-electron chi connectivity index (χ1n) is 22.6. The number of nitrogens with one attached hydrogen (secondary N) is 6. The average Bonchev–Trinajstić information content (AvgIpc) is 4.25. The fourth-order valence-electron chi connectivity index (χ4n) is 10.6. The number of hydrogen-bond acceptors (Lipinski definition) is 5. The molecule has 12 aromatic rings. The lowest BCUT2D eigenvalue weighted by atomic mass is 9.92. The van der Waals surface area contributed by atoms with Gasteiger partial charge >= 0.3 is 5.97 Å². The van der Waals surface area contributed by atoms with E-state index in [1.807, 2.05) is 116 Å². The molecule has 11 heteroatoms. The molecular formula is C57H44N6O5. The second-order valence-corrected chi connectivity index (χ2v) is 17.7. The van der Waals surface area contributed by atoms with Crippen molar-refractivity contribution < 1.29 is 24.2 Å². The van der Waals surface area contributed by atoms with Crippen molar-refractivity contribution in [3.05, 3.63) is 190 Å². The molecule has 0 fully saturated rings. The van der Waals surface area contributed by atoms with E-state index in [1.165, 1.54) is 7.11 Å². The van der Waals surface area contributed by atoms with Gasteiger partial charge in [-0.25, -0.2) is 4.79 Å². The first kappa shape index (κ1) is 40.8. The number of benzene rings is 6. The number of carbonyl (C=O) groups excluding carboxylic acids is 3. The van der Waals surface area contributed by atoms with E-state index in [2.05, 4.69) is 62.0 Å². The minimum absolute atomic E-state index is 0.0435. The Hall–Kier alpha value is -8.67. The topological polar surface area (TPSA) is 175 Å². The lowest BCUT2D eigenvalue weighted by Gasteiger charge is -2.12. The van der Waals surface area contributed by atoms with Crippen LogP contribution < -0.4 is 0 Å². The molecular weight excluding hydrogens is 849 g/mol. The molecule has 0 saturated heterocycles. The Balaban J connectivity index is 0.880. The van der Waals surface area contributed by atoms with Gasteiger partial charge in [0.25, 0.3) is 0 Å². The number of hydrogen-bond donors (Lipinski definition) is 7. The number of aliphatic hydroxyl groups is 1. The van der Waals surface area contributed by atoms with E-state index in [-0.39, 0.29) is 35.5 Å². The monoisotopic (exact) mass is 892 g/mol. The van der Waals surface area contributed by atoms with Crippen LogP contribution in [-0.4, -0.2) is 60.2 Å². The van der Waals surface area contributed by atoms with Crippen LogP contribution in [0.3, 0.4) is 0 Å². The molecule has 0 amide bonds. The van der Waals surface area contributed by atoms with Crippen molar-refractivity contribution in [2.24, 2.45) is 0 Å². The van der Waals surface area contributed by atoms with Crippen molar-refractivity contribution in [2.75, 3.05) is 7.11 Å². The zero-order valence-corrected chi connectivity index (χ0v) is 37.3. The van der Waals surface area contributed by atoms with E-state index in [9.17, 15) is 19.5 Å². The van der Waals surface area contributed by atoms with Crippen LogP contribution in [-0.2, 0) is 11.3 Å². The zero-order chi connectivity index (χ0) is 46.4. The summed E-state index contributed by atoms with van der Waals surface area (Å²) >= 11 is 0. The highest BCUT2D eigenvalue weighted by atomic mass is 16.5. The number of rotatable bonds is 11. The largest absolute Gasteiger partial charge is 0.465 e. The molecule has 0 bridgehead atoms. The molecule has 2 atom stereocenters. The molecule has 0 aliphatic heterocycles. The number of para-hydroxylation sites is 2. The summed E-state index contributed by atoms with van der Waals surface area (Å²) in [7, 11) is 1.40. The van der Waals surface area contributed by atoms with Gasteiger partial charge in [0.05, 0.1) is 30.5 Å².